The van der Waals surface area contributed by atoms with Crippen molar-refractivity contribution in [1.29, 1.82) is 0 Å². The summed E-state index contributed by atoms with van der Waals surface area (Å²) in [6.07, 6.45) is 0. The van der Waals surface area contributed by atoms with Gasteiger partial charge in [-0.3, -0.25) is 4.79 Å². The zero-order chi connectivity index (χ0) is 13.8. The molecule has 0 aliphatic rings. The third-order valence-corrected chi connectivity index (χ3v) is 3.28. The Hall–Kier alpha value is -0.870. The fourth-order valence-electron chi connectivity index (χ4n) is 1.97. The van der Waals surface area contributed by atoms with Crippen molar-refractivity contribution in [3.63, 3.8) is 0 Å². The van der Waals surface area contributed by atoms with Crippen molar-refractivity contribution in [2.75, 3.05) is 27.2 Å². The van der Waals surface area contributed by atoms with E-state index in [1.807, 2.05) is 38.4 Å². The van der Waals surface area contributed by atoms with E-state index in [2.05, 4.69) is 40.0 Å². The Balaban J connectivity index is 2.59. The van der Waals surface area contributed by atoms with Gasteiger partial charge in [0.25, 0.3) is 5.91 Å². The first-order valence-electron chi connectivity index (χ1n) is 5.99. The van der Waals surface area contributed by atoms with Crippen LogP contribution in [0.25, 0.3) is 0 Å². The van der Waals surface area contributed by atoms with E-state index >= 15 is 0 Å². The van der Waals surface area contributed by atoms with Crippen molar-refractivity contribution in [2.45, 2.75) is 13.8 Å². The molecule has 1 aromatic rings. The van der Waals surface area contributed by atoms with Gasteiger partial charge in [-0.1, -0.05) is 26.0 Å². The van der Waals surface area contributed by atoms with Crippen LogP contribution in [0.15, 0.2) is 28.7 Å². The standard InChI is InChI=1S/C14H21BrN2O/c1-14(2,10-17(3)4)9-16-13(18)11-7-5-6-8-12(11)15/h5-8H,9-10H2,1-4H3,(H,16,18). The Morgan fingerprint density at radius 3 is 2.50 bits per heavy atom. The van der Waals surface area contributed by atoms with Gasteiger partial charge < -0.3 is 10.2 Å². The topological polar surface area (TPSA) is 32.3 Å². The van der Waals surface area contributed by atoms with E-state index in [-0.39, 0.29) is 11.3 Å². The average Bonchev–Trinajstić information content (AvgIpc) is 2.25. The summed E-state index contributed by atoms with van der Waals surface area (Å²) in [6.45, 7) is 5.88. The summed E-state index contributed by atoms with van der Waals surface area (Å²) in [6, 6.07) is 7.46. The lowest BCUT2D eigenvalue weighted by Crippen LogP contribution is -2.40. The maximum atomic E-state index is 12.0. The monoisotopic (exact) mass is 312 g/mol. The second kappa shape index (κ2) is 6.34. The molecule has 0 atom stereocenters. The summed E-state index contributed by atoms with van der Waals surface area (Å²) < 4.78 is 0.827. The van der Waals surface area contributed by atoms with Gasteiger partial charge in [0.1, 0.15) is 0 Å². The number of benzene rings is 1. The minimum Gasteiger partial charge on any atom is -0.351 e. The van der Waals surface area contributed by atoms with E-state index in [0.29, 0.717) is 12.1 Å². The number of nitrogens with one attached hydrogen (secondary N) is 1. The molecule has 0 aromatic heterocycles. The first-order chi connectivity index (χ1) is 8.32. The molecule has 0 aliphatic heterocycles. The van der Waals surface area contributed by atoms with E-state index in [4.69, 9.17) is 0 Å². The molecule has 0 radical (unpaired) electrons. The highest BCUT2D eigenvalue weighted by Crippen LogP contribution is 2.17. The smallest absolute Gasteiger partial charge is 0.252 e. The summed E-state index contributed by atoms with van der Waals surface area (Å²) in [5.74, 6) is -0.0330. The van der Waals surface area contributed by atoms with Gasteiger partial charge in [0.05, 0.1) is 5.56 Å². The molecule has 1 N–H and O–H groups in total. The van der Waals surface area contributed by atoms with Crippen LogP contribution in [-0.2, 0) is 0 Å². The van der Waals surface area contributed by atoms with Crippen molar-refractivity contribution in [2.24, 2.45) is 5.41 Å². The van der Waals surface area contributed by atoms with E-state index in [9.17, 15) is 4.79 Å². The van der Waals surface area contributed by atoms with Crippen molar-refractivity contribution in [3.05, 3.63) is 34.3 Å². The summed E-state index contributed by atoms with van der Waals surface area (Å²) in [5.41, 5.74) is 0.735. The molecule has 0 aliphatic carbocycles. The van der Waals surface area contributed by atoms with E-state index in [1.54, 1.807) is 0 Å². The third-order valence-electron chi connectivity index (χ3n) is 2.59. The highest BCUT2D eigenvalue weighted by Gasteiger charge is 2.20. The number of amides is 1. The normalized spacial score (nSPS) is 11.7. The van der Waals surface area contributed by atoms with Crippen LogP contribution in [0.4, 0.5) is 0 Å². The van der Waals surface area contributed by atoms with Crippen LogP contribution in [-0.4, -0.2) is 38.0 Å². The minimum atomic E-state index is -0.0330. The third kappa shape index (κ3) is 4.78. The van der Waals surface area contributed by atoms with E-state index in [1.165, 1.54) is 0 Å². The molecule has 0 bridgehead atoms. The summed E-state index contributed by atoms with van der Waals surface area (Å²) in [5, 5.41) is 2.99. The van der Waals surface area contributed by atoms with Gasteiger partial charge in [0.2, 0.25) is 0 Å². The van der Waals surface area contributed by atoms with Crippen LogP contribution in [0, 0.1) is 5.41 Å². The van der Waals surface area contributed by atoms with Gasteiger partial charge in [-0.2, -0.15) is 0 Å². The zero-order valence-corrected chi connectivity index (χ0v) is 13.0. The molecule has 3 nitrogen and oxygen atoms in total. The first kappa shape index (κ1) is 15.2. The van der Waals surface area contributed by atoms with Gasteiger partial charge in [0.15, 0.2) is 0 Å². The maximum Gasteiger partial charge on any atom is 0.252 e. The quantitative estimate of drug-likeness (QED) is 0.906. The first-order valence-corrected chi connectivity index (χ1v) is 6.78. The summed E-state index contributed by atoms with van der Waals surface area (Å²) in [4.78, 5) is 14.2. The zero-order valence-electron chi connectivity index (χ0n) is 11.5. The SMILES string of the molecule is CN(C)CC(C)(C)CNC(=O)c1ccccc1Br. The number of halogens is 1. The molecule has 1 amide bonds. The molecule has 0 heterocycles. The lowest BCUT2D eigenvalue weighted by Gasteiger charge is -2.28. The van der Waals surface area contributed by atoms with Crippen LogP contribution in [0.1, 0.15) is 24.2 Å². The van der Waals surface area contributed by atoms with Crippen LogP contribution in [0.3, 0.4) is 0 Å². The van der Waals surface area contributed by atoms with Crippen molar-refractivity contribution < 1.29 is 4.79 Å². The van der Waals surface area contributed by atoms with Crippen LogP contribution in [0.5, 0.6) is 0 Å². The predicted molar refractivity (Wildman–Crippen MR) is 78.8 cm³/mol. The van der Waals surface area contributed by atoms with Crippen molar-refractivity contribution in [1.82, 2.24) is 10.2 Å². The Kier molecular flexibility index (Phi) is 5.35. The molecule has 0 fully saturated rings. The van der Waals surface area contributed by atoms with Gasteiger partial charge >= 0.3 is 0 Å². The fourth-order valence-corrected chi connectivity index (χ4v) is 2.44. The van der Waals surface area contributed by atoms with Crippen LogP contribution < -0.4 is 5.32 Å². The second-order valence-corrected chi connectivity index (χ2v) is 6.42. The van der Waals surface area contributed by atoms with Crippen LogP contribution in [0.2, 0.25) is 0 Å². The minimum absolute atomic E-state index is 0.0330. The lowest BCUT2D eigenvalue weighted by atomic mass is 9.93. The molecule has 0 unspecified atom stereocenters. The molecule has 1 rings (SSSR count). The van der Waals surface area contributed by atoms with Gasteiger partial charge in [-0.25, -0.2) is 0 Å². The molecule has 100 valence electrons. The number of nitrogens with zero attached hydrogens (tertiary/aromatic N) is 1. The highest BCUT2D eigenvalue weighted by molar-refractivity contribution is 9.10. The average molecular weight is 313 g/mol. The van der Waals surface area contributed by atoms with Crippen LogP contribution >= 0.6 is 15.9 Å². The molecule has 0 saturated carbocycles. The van der Waals surface area contributed by atoms with Gasteiger partial charge in [0, 0.05) is 17.6 Å². The Morgan fingerprint density at radius 2 is 1.94 bits per heavy atom. The Bertz CT molecular complexity index is 416. The van der Waals surface area contributed by atoms with Gasteiger partial charge in [-0.05, 0) is 47.6 Å². The molecular formula is C14H21BrN2O. The largest absolute Gasteiger partial charge is 0.351 e. The molecule has 4 heteroatoms. The number of hydrogen-bond donors (Lipinski definition) is 1. The lowest BCUT2D eigenvalue weighted by molar-refractivity contribution is 0.0928. The Labute approximate surface area is 118 Å². The van der Waals surface area contributed by atoms with E-state index < -0.39 is 0 Å². The molecule has 0 saturated heterocycles. The predicted octanol–water partition coefficient (Wildman–Crippen LogP) is 2.77. The van der Waals surface area contributed by atoms with Crippen molar-refractivity contribution in [3.8, 4) is 0 Å². The Morgan fingerprint density at radius 1 is 1.33 bits per heavy atom. The van der Waals surface area contributed by atoms with E-state index in [0.717, 1.165) is 11.0 Å². The molecule has 18 heavy (non-hydrogen) atoms. The number of carbonyl (C=O) groups is 1. The second-order valence-electron chi connectivity index (χ2n) is 5.56. The number of rotatable bonds is 5. The summed E-state index contributed by atoms with van der Waals surface area (Å²) >= 11 is 3.39. The maximum absolute atomic E-state index is 12.0. The number of hydrogen-bond acceptors (Lipinski definition) is 2. The molecular weight excluding hydrogens is 292 g/mol. The summed E-state index contributed by atoms with van der Waals surface area (Å²) in [7, 11) is 4.08. The molecule has 0 spiro atoms. The van der Waals surface area contributed by atoms with Crippen molar-refractivity contribution >= 4 is 21.8 Å². The molecule has 1 aromatic carbocycles. The number of carbonyl (C=O) groups excluding carboxylic acids is 1. The van der Waals surface area contributed by atoms with Gasteiger partial charge in [-0.15, -0.1) is 0 Å². The highest BCUT2D eigenvalue weighted by atomic mass is 79.9. The fraction of sp³-hybridized carbons (Fsp3) is 0.500.